The van der Waals surface area contributed by atoms with Crippen LogP contribution in [0.5, 0.6) is 0 Å². The highest BCUT2D eigenvalue weighted by Gasteiger charge is 2.38. The highest BCUT2D eigenvalue weighted by Crippen LogP contribution is 2.42. The zero-order chi connectivity index (χ0) is 20.7. The first-order valence-corrected chi connectivity index (χ1v) is 9.38. The van der Waals surface area contributed by atoms with Crippen molar-refractivity contribution >= 4 is 35.1 Å². The molecule has 1 heterocycles. The largest absolute Gasteiger partial charge is 0.466 e. The monoisotopic (exact) mass is 428 g/mol. The van der Waals surface area contributed by atoms with Gasteiger partial charge in [-0.3, -0.25) is 0 Å². The Balaban J connectivity index is 2.62. The number of methoxy groups -OCH3 is 1. The van der Waals surface area contributed by atoms with Crippen LogP contribution >= 0.6 is 23.2 Å². The Morgan fingerprint density at radius 2 is 2.00 bits per heavy atom. The number of hydrogen-bond donors (Lipinski definition) is 2. The van der Waals surface area contributed by atoms with E-state index >= 15 is 0 Å². The minimum Gasteiger partial charge on any atom is -0.466 e. The Morgan fingerprint density at radius 1 is 1.25 bits per heavy atom. The molecule has 1 unspecified atom stereocenters. The minimum absolute atomic E-state index is 0.0723. The van der Waals surface area contributed by atoms with Crippen molar-refractivity contribution in [3.05, 3.63) is 56.9 Å². The van der Waals surface area contributed by atoms with Gasteiger partial charge in [0.15, 0.2) is 0 Å². The van der Waals surface area contributed by atoms with Gasteiger partial charge in [-0.2, -0.15) is 0 Å². The second kappa shape index (κ2) is 10.5. The third-order valence-electron chi connectivity index (χ3n) is 4.04. The van der Waals surface area contributed by atoms with Crippen LogP contribution in [-0.4, -0.2) is 45.4 Å². The molecule has 9 heteroatoms. The van der Waals surface area contributed by atoms with Crippen LogP contribution in [0.4, 0.5) is 0 Å². The number of hydrogen-bond acceptors (Lipinski definition) is 7. The van der Waals surface area contributed by atoms with Gasteiger partial charge in [0.1, 0.15) is 0 Å². The zero-order valence-electron chi connectivity index (χ0n) is 15.6. The number of ether oxygens (including phenoxy) is 3. The van der Waals surface area contributed by atoms with Crippen LogP contribution in [0, 0.1) is 0 Å². The first-order chi connectivity index (χ1) is 13.5. The summed E-state index contributed by atoms with van der Waals surface area (Å²) >= 11 is 12.6. The van der Waals surface area contributed by atoms with Gasteiger partial charge in [0, 0.05) is 12.7 Å². The number of carbonyl (C=O) groups is 2. The second-order valence-corrected chi connectivity index (χ2v) is 6.55. The van der Waals surface area contributed by atoms with Gasteiger partial charge in [0.05, 0.1) is 59.7 Å². The molecule has 3 N–H and O–H groups in total. The molecule has 1 aliphatic rings. The summed E-state index contributed by atoms with van der Waals surface area (Å²) in [4.78, 5) is 25.2. The fourth-order valence-corrected chi connectivity index (χ4v) is 3.26. The SMILES string of the molecule is CCOC(=O)C1=CNC(COCCN)=C(C(=O)OC)C1c1cccc(Cl)c1Cl. The maximum Gasteiger partial charge on any atom is 0.336 e. The number of rotatable bonds is 8. The predicted molar refractivity (Wildman–Crippen MR) is 106 cm³/mol. The maximum atomic E-state index is 12.7. The van der Waals surface area contributed by atoms with Crippen LogP contribution in [0.3, 0.4) is 0 Å². The average Bonchev–Trinajstić information content (AvgIpc) is 2.69. The van der Waals surface area contributed by atoms with Crippen molar-refractivity contribution in [3.8, 4) is 0 Å². The molecule has 0 aliphatic carbocycles. The lowest BCUT2D eigenvalue weighted by atomic mass is 9.82. The summed E-state index contributed by atoms with van der Waals surface area (Å²) < 4.78 is 15.6. The molecule has 0 fully saturated rings. The van der Waals surface area contributed by atoms with Crippen molar-refractivity contribution in [2.45, 2.75) is 12.8 Å². The van der Waals surface area contributed by atoms with Gasteiger partial charge in [0.25, 0.3) is 0 Å². The number of nitrogens with one attached hydrogen (secondary N) is 1. The lowest BCUT2D eigenvalue weighted by molar-refractivity contribution is -0.139. The summed E-state index contributed by atoms with van der Waals surface area (Å²) in [5, 5.41) is 3.47. The van der Waals surface area contributed by atoms with Crippen molar-refractivity contribution in [3.63, 3.8) is 0 Å². The highest BCUT2D eigenvalue weighted by atomic mass is 35.5. The molecule has 2 rings (SSSR count). The summed E-state index contributed by atoms with van der Waals surface area (Å²) in [6.07, 6.45) is 1.48. The Labute approximate surface area is 173 Å². The molecular weight excluding hydrogens is 407 g/mol. The van der Waals surface area contributed by atoms with E-state index in [4.69, 9.17) is 43.1 Å². The number of benzene rings is 1. The first kappa shape index (κ1) is 22.2. The molecule has 0 aromatic heterocycles. The topological polar surface area (TPSA) is 99.9 Å². The molecule has 1 aromatic carbocycles. The van der Waals surface area contributed by atoms with E-state index in [1.807, 2.05) is 0 Å². The summed E-state index contributed by atoms with van der Waals surface area (Å²) in [6, 6.07) is 5.00. The van der Waals surface area contributed by atoms with Gasteiger partial charge in [0.2, 0.25) is 0 Å². The smallest absolute Gasteiger partial charge is 0.336 e. The van der Waals surface area contributed by atoms with Crippen LogP contribution in [0.25, 0.3) is 0 Å². The molecule has 1 atom stereocenters. The van der Waals surface area contributed by atoms with Crippen molar-refractivity contribution < 1.29 is 23.8 Å². The quantitative estimate of drug-likeness (QED) is 0.484. The Kier molecular flexibility index (Phi) is 8.32. The molecule has 0 saturated carbocycles. The molecule has 1 aliphatic heterocycles. The molecule has 1 aromatic rings. The number of carbonyl (C=O) groups excluding carboxylic acids is 2. The molecule has 0 bridgehead atoms. The van der Waals surface area contributed by atoms with Crippen molar-refractivity contribution in [1.29, 1.82) is 0 Å². The summed E-state index contributed by atoms with van der Waals surface area (Å²) in [7, 11) is 1.26. The maximum absolute atomic E-state index is 12.7. The second-order valence-electron chi connectivity index (χ2n) is 5.77. The summed E-state index contributed by atoms with van der Waals surface area (Å²) in [5.41, 5.74) is 6.77. The van der Waals surface area contributed by atoms with Crippen LogP contribution < -0.4 is 11.1 Å². The first-order valence-electron chi connectivity index (χ1n) is 8.63. The van der Waals surface area contributed by atoms with E-state index in [0.29, 0.717) is 29.4 Å². The number of nitrogens with two attached hydrogens (primary N) is 1. The molecule has 0 amide bonds. The predicted octanol–water partition coefficient (Wildman–Crippen LogP) is 2.53. The standard InChI is InChI=1S/C19H22Cl2N2O5/c1-3-28-18(24)12-9-23-14(10-27-8-7-22)16(19(25)26-2)15(12)11-5-4-6-13(20)17(11)21/h4-6,9,15,23H,3,7-8,10,22H2,1-2H3. The molecule has 7 nitrogen and oxygen atoms in total. The van der Waals surface area contributed by atoms with E-state index in [-0.39, 0.29) is 29.4 Å². The molecule has 152 valence electrons. The fourth-order valence-electron chi connectivity index (χ4n) is 2.84. The van der Waals surface area contributed by atoms with Crippen LogP contribution in [0.2, 0.25) is 10.0 Å². The van der Waals surface area contributed by atoms with Crippen LogP contribution in [0.15, 0.2) is 41.2 Å². The summed E-state index contributed by atoms with van der Waals surface area (Å²) in [6.45, 7) is 2.57. The van der Waals surface area contributed by atoms with E-state index in [9.17, 15) is 9.59 Å². The van der Waals surface area contributed by atoms with Gasteiger partial charge in [-0.05, 0) is 18.6 Å². The molecule has 0 radical (unpaired) electrons. The molecule has 0 spiro atoms. The Morgan fingerprint density at radius 3 is 2.64 bits per heavy atom. The third-order valence-corrected chi connectivity index (χ3v) is 4.88. The fraction of sp³-hybridized carbons (Fsp3) is 0.368. The van der Waals surface area contributed by atoms with Crippen molar-refractivity contribution in [2.24, 2.45) is 5.73 Å². The van der Waals surface area contributed by atoms with E-state index in [1.165, 1.54) is 13.3 Å². The number of dihydropyridines is 1. The zero-order valence-corrected chi connectivity index (χ0v) is 17.1. The molecule has 28 heavy (non-hydrogen) atoms. The number of halogens is 2. The minimum atomic E-state index is -0.838. The summed E-state index contributed by atoms with van der Waals surface area (Å²) in [5.74, 6) is -2.05. The van der Waals surface area contributed by atoms with E-state index in [2.05, 4.69) is 5.32 Å². The molecule has 0 saturated heterocycles. The normalized spacial score (nSPS) is 16.3. The average molecular weight is 429 g/mol. The van der Waals surface area contributed by atoms with Gasteiger partial charge in [-0.25, -0.2) is 9.59 Å². The Bertz CT molecular complexity index is 808. The third kappa shape index (κ3) is 4.86. The van der Waals surface area contributed by atoms with Gasteiger partial charge >= 0.3 is 11.9 Å². The lowest BCUT2D eigenvalue weighted by Gasteiger charge is -2.29. The van der Waals surface area contributed by atoms with E-state index < -0.39 is 17.9 Å². The van der Waals surface area contributed by atoms with Gasteiger partial charge in [-0.15, -0.1) is 0 Å². The van der Waals surface area contributed by atoms with Crippen molar-refractivity contribution in [1.82, 2.24) is 5.32 Å². The van der Waals surface area contributed by atoms with E-state index in [0.717, 1.165) is 0 Å². The Hall–Kier alpha value is -2.06. The molecular formula is C19H22Cl2N2O5. The van der Waals surface area contributed by atoms with Crippen LogP contribution in [-0.2, 0) is 23.8 Å². The highest BCUT2D eigenvalue weighted by molar-refractivity contribution is 6.42. The van der Waals surface area contributed by atoms with Gasteiger partial charge in [-0.1, -0.05) is 35.3 Å². The van der Waals surface area contributed by atoms with Crippen LogP contribution in [0.1, 0.15) is 18.4 Å². The number of esters is 2. The lowest BCUT2D eigenvalue weighted by Crippen LogP contribution is -2.32. The van der Waals surface area contributed by atoms with Gasteiger partial charge < -0.3 is 25.3 Å². The van der Waals surface area contributed by atoms with E-state index in [1.54, 1.807) is 25.1 Å². The van der Waals surface area contributed by atoms with Crippen molar-refractivity contribution in [2.75, 3.05) is 33.5 Å².